The van der Waals surface area contributed by atoms with Crippen molar-refractivity contribution < 1.29 is 14.3 Å². The van der Waals surface area contributed by atoms with Crippen LogP contribution in [0.5, 0.6) is 0 Å². The molecular weight excluding hydrogens is 430 g/mol. The quantitative estimate of drug-likeness (QED) is 0.664. The second kappa shape index (κ2) is 8.80. The van der Waals surface area contributed by atoms with Crippen molar-refractivity contribution in [1.82, 2.24) is 14.7 Å². The largest absolute Gasteiger partial charge is 0.383 e. The number of carbonyl (C=O) groups is 2. The molecule has 0 unspecified atom stereocenters. The standard InChI is InChI=1S/C26H31N5O3/c1-34-15-18-5-8-19(9-6-18)23-22(25(28)33)24(27)31(29-23)20-13-26(14-20)11-12-30(16-26)21(32)10-7-17-3-2-4-17/h5-6,8-9,17,20H,2-4,11-16,27H2,1H3,(H2,28,33)/t20-,26-. The topological polar surface area (TPSA) is 116 Å². The number of aromatic nitrogens is 2. The Bertz CT molecular complexity index is 1160. The van der Waals surface area contributed by atoms with Gasteiger partial charge < -0.3 is 21.1 Å². The van der Waals surface area contributed by atoms with Crippen LogP contribution in [0.4, 0.5) is 5.82 Å². The van der Waals surface area contributed by atoms with Crippen LogP contribution in [0, 0.1) is 23.2 Å². The second-order valence-electron chi connectivity index (χ2n) is 9.98. The number of nitrogen functional groups attached to an aromatic ring is 1. The van der Waals surface area contributed by atoms with Crippen LogP contribution in [0.3, 0.4) is 0 Å². The third-order valence-electron chi connectivity index (χ3n) is 7.63. The van der Waals surface area contributed by atoms with E-state index in [-0.39, 0.29) is 22.9 Å². The van der Waals surface area contributed by atoms with Gasteiger partial charge in [0, 0.05) is 31.7 Å². The first-order valence-corrected chi connectivity index (χ1v) is 12.0. The van der Waals surface area contributed by atoms with Gasteiger partial charge in [-0.1, -0.05) is 36.6 Å². The third kappa shape index (κ3) is 4.05. The van der Waals surface area contributed by atoms with Crippen molar-refractivity contribution in [1.29, 1.82) is 0 Å². The first kappa shape index (κ1) is 22.5. The minimum atomic E-state index is -0.587. The van der Waals surface area contributed by atoms with Gasteiger partial charge in [0.15, 0.2) is 0 Å². The predicted molar refractivity (Wildman–Crippen MR) is 128 cm³/mol. The summed E-state index contributed by atoms with van der Waals surface area (Å²) < 4.78 is 6.92. The third-order valence-corrected chi connectivity index (χ3v) is 7.63. The molecule has 1 spiro atoms. The van der Waals surface area contributed by atoms with E-state index in [2.05, 4.69) is 11.8 Å². The smallest absolute Gasteiger partial charge is 0.298 e. The number of nitrogens with two attached hydrogens (primary N) is 2. The Morgan fingerprint density at radius 1 is 1.24 bits per heavy atom. The Kier molecular flexibility index (Phi) is 5.82. The minimum absolute atomic E-state index is 0.0546. The first-order chi connectivity index (χ1) is 16.4. The molecule has 8 nitrogen and oxygen atoms in total. The van der Waals surface area contributed by atoms with E-state index in [1.165, 1.54) is 6.42 Å². The number of amides is 2. The van der Waals surface area contributed by atoms with Gasteiger partial charge in [0.1, 0.15) is 17.1 Å². The molecule has 0 bridgehead atoms. The van der Waals surface area contributed by atoms with Crippen molar-refractivity contribution in [3.63, 3.8) is 0 Å². The average molecular weight is 462 g/mol. The Morgan fingerprint density at radius 3 is 2.59 bits per heavy atom. The molecule has 178 valence electrons. The lowest BCUT2D eigenvalue weighted by Crippen LogP contribution is -2.42. The summed E-state index contributed by atoms with van der Waals surface area (Å²) in [4.78, 5) is 26.7. The van der Waals surface area contributed by atoms with Crippen molar-refractivity contribution in [3.8, 4) is 23.1 Å². The van der Waals surface area contributed by atoms with Gasteiger partial charge in [0.25, 0.3) is 11.8 Å². The number of benzene rings is 1. The summed E-state index contributed by atoms with van der Waals surface area (Å²) in [5, 5.41) is 4.73. The van der Waals surface area contributed by atoms with Crippen LogP contribution in [0.1, 0.15) is 60.5 Å². The molecule has 0 radical (unpaired) electrons. The van der Waals surface area contributed by atoms with Crippen molar-refractivity contribution in [2.45, 2.75) is 51.2 Å². The SMILES string of the molecule is COCc1ccc(-c2nn([C@H]3C[C@@]4(CCN(C(=O)C#CC5CCC5)C4)C3)c(N)c2C(N)=O)cc1. The minimum Gasteiger partial charge on any atom is -0.383 e. The molecule has 2 heterocycles. The Labute approximate surface area is 199 Å². The molecule has 1 saturated heterocycles. The molecule has 0 atom stereocenters. The number of primary amides is 1. The summed E-state index contributed by atoms with van der Waals surface area (Å²) in [6, 6.07) is 7.76. The molecule has 3 fully saturated rings. The van der Waals surface area contributed by atoms with Gasteiger partial charge >= 0.3 is 0 Å². The van der Waals surface area contributed by atoms with Crippen LogP contribution in [-0.2, 0) is 16.1 Å². The molecule has 3 aliphatic rings. The normalized spacial score (nSPS) is 23.8. The molecule has 2 saturated carbocycles. The van der Waals surface area contributed by atoms with E-state index in [0.717, 1.165) is 56.3 Å². The highest BCUT2D eigenvalue weighted by molar-refractivity contribution is 6.03. The molecule has 34 heavy (non-hydrogen) atoms. The van der Waals surface area contributed by atoms with Gasteiger partial charge in [-0.25, -0.2) is 4.68 Å². The van der Waals surface area contributed by atoms with Crippen LogP contribution in [-0.4, -0.2) is 46.7 Å². The van der Waals surface area contributed by atoms with E-state index in [9.17, 15) is 9.59 Å². The summed E-state index contributed by atoms with van der Waals surface area (Å²) in [6.07, 6.45) is 6.13. The second-order valence-corrected chi connectivity index (χ2v) is 9.98. The van der Waals surface area contributed by atoms with Gasteiger partial charge in [-0.05, 0) is 49.0 Å². The highest BCUT2D eigenvalue weighted by Gasteiger charge is 2.51. The number of anilines is 1. The van der Waals surface area contributed by atoms with Crippen LogP contribution in [0.15, 0.2) is 24.3 Å². The Hall–Kier alpha value is -3.31. The predicted octanol–water partition coefficient (Wildman–Crippen LogP) is 2.73. The number of rotatable bonds is 5. The van der Waals surface area contributed by atoms with Gasteiger partial charge in [-0.15, -0.1) is 0 Å². The molecular formula is C26H31N5O3. The van der Waals surface area contributed by atoms with Crippen molar-refractivity contribution in [2.75, 3.05) is 25.9 Å². The van der Waals surface area contributed by atoms with E-state index in [0.29, 0.717) is 24.0 Å². The van der Waals surface area contributed by atoms with E-state index in [4.69, 9.17) is 21.3 Å². The maximum absolute atomic E-state index is 12.5. The number of hydrogen-bond acceptors (Lipinski definition) is 5. The molecule has 1 aromatic carbocycles. The number of methoxy groups -OCH3 is 1. The summed E-state index contributed by atoms with van der Waals surface area (Å²) in [6.45, 7) is 1.97. The maximum Gasteiger partial charge on any atom is 0.298 e. The van der Waals surface area contributed by atoms with Gasteiger partial charge in [-0.2, -0.15) is 5.10 Å². The van der Waals surface area contributed by atoms with E-state index in [1.54, 1.807) is 11.8 Å². The lowest BCUT2D eigenvalue weighted by molar-refractivity contribution is -0.125. The molecule has 1 aromatic heterocycles. The van der Waals surface area contributed by atoms with Crippen LogP contribution < -0.4 is 11.5 Å². The van der Waals surface area contributed by atoms with Crippen LogP contribution in [0.2, 0.25) is 0 Å². The Morgan fingerprint density at radius 2 is 1.97 bits per heavy atom. The van der Waals surface area contributed by atoms with Crippen LogP contribution in [0.25, 0.3) is 11.3 Å². The molecule has 1 aliphatic heterocycles. The lowest BCUT2D eigenvalue weighted by atomic mass is 9.65. The van der Waals surface area contributed by atoms with Crippen molar-refractivity contribution >= 4 is 17.6 Å². The van der Waals surface area contributed by atoms with Gasteiger partial charge in [-0.3, -0.25) is 9.59 Å². The monoisotopic (exact) mass is 461 g/mol. The summed E-state index contributed by atoms with van der Waals surface area (Å²) in [5.74, 6) is 6.05. The van der Waals surface area contributed by atoms with Crippen LogP contribution >= 0.6 is 0 Å². The fraction of sp³-hybridized carbons (Fsp3) is 0.500. The first-order valence-electron chi connectivity index (χ1n) is 12.0. The molecule has 5 rings (SSSR count). The average Bonchev–Trinajstić information content (AvgIpc) is 3.34. The fourth-order valence-corrected chi connectivity index (χ4v) is 5.45. The Balaban J connectivity index is 1.30. The fourth-order valence-electron chi connectivity index (χ4n) is 5.45. The highest BCUT2D eigenvalue weighted by Crippen LogP contribution is 2.54. The molecule has 2 aromatic rings. The highest BCUT2D eigenvalue weighted by atomic mass is 16.5. The van der Waals surface area contributed by atoms with E-state index >= 15 is 0 Å². The lowest BCUT2D eigenvalue weighted by Gasteiger charge is -2.45. The van der Waals surface area contributed by atoms with E-state index in [1.807, 2.05) is 29.2 Å². The van der Waals surface area contributed by atoms with Crippen molar-refractivity contribution in [3.05, 3.63) is 35.4 Å². The summed E-state index contributed by atoms with van der Waals surface area (Å²) >= 11 is 0. The molecule has 8 heteroatoms. The number of nitrogens with zero attached hydrogens (tertiary/aromatic N) is 3. The zero-order valence-corrected chi connectivity index (χ0v) is 19.5. The molecule has 4 N–H and O–H groups in total. The molecule has 2 amide bonds. The summed E-state index contributed by atoms with van der Waals surface area (Å²) in [5.41, 5.74) is 14.7. The number of carbonyl (C=O) groups excluding carboxylic acids is 2. The van der Waals surface area contributed by atoms with Gasteiger partial charge in [0.2, 0.25) is 0 Å². The number of likely N-dealkylation sites (tertiary alicyclic amines) is 1. The molecule has 2 aliphatic carbocycles. The zero-order valence-electron chi connectivity index (χ0n) is 19.5. The van der Waals surface area contributed by atoms with Gasteiger partial charge in [0.05, 0.1) is 12.6 Å². The number of ether oxygens (including phenoxy) is 1. The zero-order chi connectivity index (χ0) is 23.9. The number of hydrogen-bond donors (Lipinski definition) is 2. The summed E-state index contributed by atoms with van der Waals surface area (Å²) in [7, 11) is 1.65. The van der Waals surface area contributed by atoms with Crippen molar-refractivity contribution in [2.24, 2.45) is 17.1 Å². The van der Waals surface area contributed by atoms with E-state index < -0.39 is 5.91 Å². The maximum atomic E-state index is 12.5.